The number of nitrogens with zero attached hydrogens (tertiary/aromatic N) is 3. The highest BCUT2D eigenvalue weighted by atomic mass is 32.2. The predicted octanol–water partition coefficient (Wildman–Crippen LogP) is 3.65. The van der Waals surface area contributed by atoms with Gasteiger partial charge < -0.3 is 4.42 Å². The summed E-state index contributed by atoms with van der Waals surface area (Å²) in [4.78, 5) is 29.4. The Bertz CT molecular complexity index is 1360. The van der Waals surface area contributed by atoms with E-state index in [4.69, 9.17) is 9.83 Å². The molecule has 0 aliphatic carbocycles. The van der Waals surface area contributed by atoms with Crippen LogP contribution in [0.3, 0.4) is 0 Å². The quantitative estimate of drug-likeness (QED) is 0.660. The Hall–Kier alpha value is -3.78. The fourth-order valence-corrected chi connectivity index (χ4v) is 4.14. The molecule has 7 nitrogen and oxygen atoms in total. The van der Waals surface area contributed by atoms with Gasteiger partial charge in [-0.25, -0.2) is 0 Å². The molecule has 1 N–H and O–H groups in total. The van der Waals surface area contributed by atoms with Gasteiger partial charge in [-0.2, -0.15) is 15.1 Å². The van der Waals surface area contributed by atoms with Crippen molar-refractivity contribution in [2.45, 2.75) is 6.42 Å². The van der Waals surface area contributed by atoms with Crippen LogP contribution in [0.2, 0.25) is 0 Å². The Morgan fingerprint density at radius 1 is 1.07 bits per heavy atom. The maximum Gasteiger partial charge on any atom is 0.283 e. The highest BCUT2D eigenvalue weighted by molar-refractivity contribution is 8.26. The molecule has 0 saturated carbocycles. The maximum absolute atomic E-state index is 12.7. The minimum atomic E-state index is -0.581. The molecule has 0 saturated heterocycles. The summed E-state index contributed by atoms with van der Waals surface area (Å²) in [5, 5.41) is 15.7. The predicted molar refractivity (Wildman–Crippen MR) is 118 cm³/mol. The Labute approximate surface area is 174 Å². The summed E-state index contributed by atoms with van der Waals surface area (Å²) in [6.07, 6.45) is 3.22. The van der Waals surface area contributed by atoms with Crippen LogP contribution in [0.1, 0.15) is 11.1 Å². The maximum atomic E-state index is 12.7. The molecule has 2 aromatic carbocycles. The third-order valence-corrected chi connectivity index (χ3v) is 5.61. The molecule has 2 aliphatic rings. The number of fused-ring (bicyclic) bond motifs is 2. The lowest BCUT2D eigenvalue weighted by molar-refractivity contribution is -0.114. The van der Waals surface area contributed by atoms with Crippen LogP contribution in [0.5, 0.6) is 0 Å². The summed E-state index contributed by atoms with van der Waals surface area (Å²) in [6.45, 7) is 0. The van der Waals surface area contributed by atoms with Crippen molar-refractivity contribution in [2.75, 3.05) is 0 Å². The standard InChI is InChI=1S/C22H14N4O3S/c23-20-16(11-14-12-29-17-9-5-4-8-15(17)19(14)27)21(28)24-22-26(20)25-18(30-22)10-13-6-2-1-3-7-13/h1-9,11-12,23H,10H2/b16-11+,23-20?. The number of aliphatic imine (C=N–C) groups is 1. The Morgan fingerprint density at radius 2 is 1.83 bits per heavy atom. The van der Waals surface area contributed by atoms with Gasteiger partial charge in [-0.3, -0.25) is 15.0 Å². The number of carbonyl (C=O) groups is 1. The summed E-state index contributed by atoms with van der Waals surface area (Å²) < 4.78 is 5.50. The summed E-state index contributed by atoms with van der Waals surface area (Å²) >= 11 is 1.27. The van der Waals surface area contributed by atoms with Crippen LogP contribution in [0.4, 0.5) is 0 Å². The van der Waals surface area contributed by atoms with Crippen molar-refractivity contribution in [2.24, 2.45) is 10.1 Å². The van der Waals surface area contributed by atoms with E-state index < -0.39 is 5.91 Å². The zero-order chi connectivity index (χ0) is 20.7. The molecule has 5 rings (SSSR count). The van der Waals surface area contributed by atoms with Gasteiger partial charge in [0.15, 0.2) is 11.3 Å². The van der Waals surface area contributed by atoms with Crippen molar-refractivity contribution in [3.05, 3.63) is 87.8 Å². The Kier molecular flexibility index (Phi) is 4.40. The molecule has 0 atom stereocenters. The number of para-hydroxylation sites is 1. The van der Waals surface area contributed by atoms with Gasteiger partial charge >= 0.3 is 0 Å². The number of hydrogen-bond acceptors (Lipinski definition) is 6. The first-order chi connectivity index (χ1) is 14.6. The SMILES string of the molecule is N=C1/C(=C\c2coc3ccccc3c2=O)C(=O)N=C2SC(Cc3ccccc3)=NN12. The van der Waals surface area contributed by atoms with Crippen LogP contribution < -0.4 is 5.43 Å². The van der Waals surface area contributed by atoms with E-state index in [-0.39, 0.29) is 22.4 Å². The summed E-state index contributed by atoms with van der Waals surface area (Å²) in [5.41, 5.74) is 1.43. The van der Waals surface area contributed by atoms with Crippen LogP contribution in [0, 0.1) is 5.41 Å². The fraction of sp³-hybridized carbons (Fsp3) is 0.0455. The second kappa shape index (κ2) is 7.23. The van der Waals surface area contributed by atoms with Crippen LogP contribution in [-0.2, 0) is 11.2 Å². The lowest BCUT2D eigenvalue weighted by Crippen LogP contribution is -2.35. The average molecular weight is 414 g/mol. The van der Waals surface area contributed by atoms with E-state index >= 15 is 0 Å². The summed E-state index contributed by atoms with van der Waals surface area (Å²) in [6, 6.07) is 16.7. The topological polar surface area (TPSA) is 99.1 Å². The average Bonchev–Trinajstić information content (AvgIpc) is 3.16. The smallest absolute Gasteiger partial charge is 0.283 e. The van der Waals surface area contributed by atoms with Gasteiger partial charge in [0.1, 0.15) is 16.9 Å². The zero-order valence-corrected chi connectivity index (χ0v) is 16.3. The van der Waals surface area contributed by atoms with Crippen molar-refractivity contribution in [1.29, 1.82) is 5.41 Å². The molecule has 3 heterocycles. The number of hydrazone groups is 1. The summed E-state index contributed by atoms with van der Waals surface area (Å²) in [5.74, 6) is -0.699. The first kappa shape index (κ1) is 18.3. The first-order valence-electron chi connectivity index (χ1n) is 9.14. The highest BCUT2D eigenvalue weighted by Gasteiger charge is 2.35. The van der Waals surface area contributed by atoms with E-state index in [0.29, 0.717) is 22.6 Å². The molecule has 3 aromatic rings. The lowest BCUT2D eigenvalue weighted by Gasteiger charge is -2.20. The molecule has 0 spiro atoms. The van der Waals surface area contributed by atoms with Crippen LogP contribution >= 0.6 is 11.8 Å². The first-order valence-corrected chi connectivity index (χ1v) is 9.95. The number of thioether (sulfide) groups is 1. The fourth-order valence-electron chi connectivity index (χ4n) is 3.22. The van der Waals surface area contributed by atoms with Crippen LogP contribution in [0.25, 0.3) is 17.0 Å². The minimum absolute atomic E-state index is 0.00774. The zero-order valence-electron chi connectivity index (χ0n) is 15.5. The van der Waals surface area contributed by atoms with Gasteiger partial charge in [0.25, 0.3) is 5.91 Å². The second-order valence-corrected chi connectivity index (χ2v) is 7.73. The van der Waals surface area contributed by atoms with Crippen molar-refractivity contribution in [3.8, 4) is 0 Å². The van der Waals surface area contributed by atoms with Gasteiger partial charge in [-0.05, 0) is 35.5 Å². The molecule has 146 valence electrons. The molecule has 8 heteroatoms. The molecular weight excluding hydrogens is 400 g/mol. The van der Waals surface area contributed by atoms with Crippen molar-refractivity contribution < 1.29 is 9.21 Å². The largest absolute Gasteiger partial charge is 0.463 e. The molecule has 1 amide bonds. The van der Waals surface area contributed by atoms with E-state index in [9.17, 15) is 9.59 Å². The highest BCUT2D eigenvalue weighted by Crippen LogP contribution is 2.29. The molecule has 0 bridgehead atoms. The number of benzene rings is 2. The molecule has 30 heavy (non-hydrogen) atoms. The van der Waals surface area contributed by atoms with Crippen LogP contribution in [-0.4, -0.2) is 27.0 Å². The van der Waals surface area contributed by atoms with Gasteiger partial charge in [-0.15, -0.1) is 0 Å². The number of rotatable bonds is 3. The monoisotopic (exact) mass is 414 g/mol. The van der Waals surface area contributed by atoms with E-state index in [1.165, 1.54) is 29.1 Å². The van der Waals surface area contributed by atoms with Crippen molar-refractivity contribution in [1.82, 2.24) is 5.01 Å². The van der Waals surface area contributed by atoms with Crippen molar-refractivity contribution in [3.63, 3.8) is 0 Å². The van der Waals surface area contributed by atoms with Crippen molar-refractivity contribution >= 4 is 50.8 Å². The number of carbonyl (C=O) groups excluding carboxylic acids is 1. The Morgan fingerprint density at radius 3 is 2.67 bits per heavy atom. The lowest BCUT2D eigenvalue weighted by atomic mass is 10.1. The second-order valence-electron chi connectivity index (χ2n) is 6.69. The van der Waals surface area contributed by atoms with Gasteiger partial charge in [0.05, 0.1) is 16.5 Å². The minimum Gasteiger partial charge on any atom is -0.463 e. The third kappa shape index (κ3) is 3.17. The number of hydrogen-bond donors (Lipinski definition) is 1. The molecule has 1 aromatic heterocycles. The molecule has 2 aliphatic heterocycles. The third-order valence-electron chi connectivity index (χ3n) is 4.70. The van der Waals surface area contributed by atoms with E-state index in [0.717, 1.165) is 10.6 Å². The number of nitrogens with one attached hydrogen (secondary N) is 1. The van der Waals surface area contributed by atoms with Gasteiger partial charge in [-0.1, -0.05) is 42.5 Å². The molecule has 0 fully saturated rings. The molecule has 0 unspecified atom stereocenters. The normalized spacial score (nSPS) is 17.3. The van der Waals surface area contributed by atoms with Crippen LogP contribution in [0.15, 0.2) is 85.7 Å². The number of amidine groups is 2. The summed E-state index contributed by atoms with van der Waals surface area (Å²) in [7, 11) is 0. The Balaban J connectivity index is 1.49. The molecule has 0 radical (unpaired) electrons. The molecular formula is C22H14N4O3S. The number of amides is 1. The van der Waals surface area contributed by atoms with E-state index in [1.54, 1.807) is 24.3 Å². The van der Waals surface area contributed by atoms with Gasteiger partial charge in [0, 0.05) is 6.42 Å². The van der Waals surface area contributed by atoms with Gasteiger partial charge in [0.2, 0.25) is 5.17 Å². The van der Waals surface area contributed by atoms with E-state index in [1.807, 2.05) is 30.3 Å². The van der Waals surface area contributed by atoms with E-state index in [2.05, 4.69) is 10.1 Å².